The minimum Gasteiger partial charge on any atom is -0.360 e. The lowest BCUT2D eigenvalue weighted by molar-refractivity contribution is 0.102. The van der Waals surface area contributed by atoms with Crippen molar-refractivity contribution in [3.8, 4) is 0 Å². The first-order valence-electron chi connectivity index (χ1n) is 8.42. The van der Waals surface area contributed by atoms with Gasteiger partial charge in [0.2, 0.25) is 5.95 Å². The zero-order valence-electron chi connectivity index (χ0n) is 15.3. The van der Waals surface area contributed by atoms with Gasteiger partial charge in [-0.05, 0) is 44.4 Å². The van der Waals surface area contributed by atoms with Gasteiger partial charge in [0.25, 0.3) is 5.91 Å². The molecule has 1 amide bonds. The number of rotatable bonds is 5. The van der Waals surface area contributed by atoms with Gasteiger partial charge >= 0.3 is 0 Å². The molecule has 0 spiro atoms. The summed E-state index contributed by atoms with van der Waals surface area (Å²) in [7, 11) is 0. The molecule has 0 aliphatic rings. The molecule has 1 aromatic carbocycles. The molecule has 0 fully saturated rings. The first-order valence-corrected chi connectivity index (χ1v) is 8.42. The summed E-state index contributed by atoms with van der Waals surface area (Å²) in [5.74, 6) is 1.18. The Hall–Kier alpha value is -3.22. The molecule has 3 aromatic rings. The second kappa shape index (κ2) is 7.35. The van der Waals surface area contributed by atoms with Crippen LogP contribution in [0.4, 0.5) is 17.5 Å². The molecule has 0 radical (unpaired) electrons. The van der Waals surface area contributed by atoms with Crippen LogP contribution < -0.4 is 10.6 Å². The van der Waals surface area contributed by atoms with E-state index in [0.29, 0.717) is 23.2 Å². The maximum atomic E-state index is 12.7. The summed E-state index contributed by atoms with van der Waals surface area (Å²) in [6.07, 6.45) is 0.832. The van der Waals surface area contributed by atoms with Gasteiger partial charge in [0.15, 0.2) is 5.82 Å². The molecule has 2 heterocycles. The maximum absolute atomic E-state index is 12.7. The Labute approximate surface area is 151 Å². The third-order valence-electron chi connectivity index (χ3n) is 3.93. The van der Waals surface area contributed by atoms with Crippen molar-refractivity contribution in [2.45, 2.75) is 34.1 Å². The topological polar surface area (TPSA) is 92.9 Å². The summed E-state index contributed by atoms with van der Waals surface area (Å²) in [6, 6.07) is 9.35. The molecule has 0 saturated carbocycles. The zero-order valence-corrected chi connectivity index (χ0v) is 15.3. The molecule has 0 atom stereocenters. The Balaban J connectivity index is 1.86. The number of hydrogen-bond acceptors (Lipinski definition) is 6. The minimum absolute atomic E-state index is 0.279. The molecule has 0 aliphatic carbocycles. The van der Waals surface area contributed by atoms with E-state index < -0.39 is 0 Å². The van der Waals surface area contributed by atoms with Gasteiger partial charge in [-0.25, -0.2) is 9.97 Å². The van der Waals surface area contributed by atoms with E-state index in [1.807, 2.05) is 32.0 Å². The second-order valence-electron chi connectivity index (χ2n) is 6.08. The second-order valence-corrected chi connectivity index (χ2v) is 6.08. The third kappa shape index (κ3) is 3.88. The van der Waals surface area contributed by atoms with Crippen molar-refractivity contribution in [2.24, 2.45) is 0 Å². The number of carbonyl (C=O) groups excluding carboxylic acids is 1. The smallest absolute Gasteiger partial charge is 0.274 e. The monoisotopic (exact) mass is 351 g/mol. The predicted molar refractivity (Wildman–Crippen MR) is 99.8 cm³/mol. The molecule has 7 heteroatoms. The lowest BCUT2D eigenvalue weighted by atomic mass is 10.1. The van der Waals surface area contributed by atoms with Crippen LogP contribution in [0.25, 0.3) is 0 Å². The Morgan fingerprint density at radius 2 is 1.96 bits per heavy atom. The number of para-hydroxylation sites is 1. The van der Waals surface area contributed by atoms with Crippen LogP contribution in [0.3, 0.4) is 0 Å². The van der Waals surface area contributed by atoms with Crippen molar-refractivity contribution in [3.63, 3.8) is 0 Å². The summed E-state index contributed by atoms with van der Waals surface area (Å²) in [4.78, 5) is 21.3. The lowest BCUT2D eigenvalue weighted by Gasteiger charge is -2.13. The van der Waals surface area contributed by atoms with Crippen LogP contribution in [0.1, 0.15) is 40.0 Å². The first-order chi connectivity index (χ1) is 12.5. The number of hydrogen-bond donors (Lipinski definition) is 2. The summed E-state index contributed by atoms with van der Waals surface area (Å²) < 4.78 is 5.01. The number of anilines is 3. The van der Waals surface area contributed by atoms with Crippen LogP contribution in [0.5, 0.6) is 0 Å². The Kier molecular flexibility index (Phi) is 4.97. The number of carbonyl (C=O) groups is 1. The van der Waals surface area contributed by atoms with Crippen LogP contribution in [0, 0.1) is 20.8 Å². The molecule has 7 nitrogen and oxygen atoms in total. The van der Waals surface area contributed by atoms with Crippen molar-refractivity contribution < 1.29 is 9.32 Å². The van der Waals surface area contributed by atoms with Crippen LogP contribution in [0.2, 0.25) is 0 Å². The standard InChI is InChI=1S/C19H21N5O2/c1-5-14-8-6-7-11(2)17(14)23-18(25)15-9-12(3)20-19(21-15)22-16-10-13(4)26-24-16/h6-10H,5H2,1-4H3,(H,23,25)(H,20,21,22,24). The van der Waals surface area contributed by atoms with E-state index in [2.05, 4.69) is 32.7 Å². The van der Waals surface area contributed by atoms with Gasteiger partial charge in [-0.15, -0.1) is 0 Å². The van der Waals surface area contributed by atoms with E-state index in [1.165, 1.54) is 0 Å². The van der Waals surface area contributed by atoms with Gasteiger partial charge in [-0.1, -0.05) is 30.3 Å². The van der Waals surface area contributed by atoms with E-state index in [-0.39, 0.29) is 11.6 Å². The van der Waals surface area contributed by atoms with Crippen LogP contribution in [0.15, 0.2) is 34.9 Å². The summed E-state index contributed by atoms with van der Waals surface area (Å²) in [5.41, 5.74) is 3.89. The largest absolute Gasteiger partial charge is 0.360 e. The maximum Gasteiger partial charge on any atom is 0.274 e. The highest BCUT2D eigenvalue weighted by Crippen LogP contribution is 2.22. The van der Waals surface area contributed by atoms with Crippen molar-refractivity contribution in [1.29, 1.82) is 0 Å². The van der Waals surface area contributed by atoms with Gasteiger partial charge < -0.3 is 15.2 Å². The fourth-order valence-corrected chi connectivity index (χ4v) is 2.66. The SMILES string of the molecule is CCc1cccc(C)c1NC(=O)c1cc(C)nc(Nc2cc(C)on2)n1. The average Bonchev–Trinajstić information content (AvgIpc) is 3.00. The Morgan fingerprint density at radius 3 is 2.65 bits per heavy atom. The van der Waals surface area contributed by atoms with E-state index in [1.54, 1.807) is 19.1 Å². The fourth-order valence-electron chi connectivity index (χ4n) is 2.66. The van der Waals surface area contributed by atoms with Crippen LogP contribution in [-0.4, -0.2) is 21.0 Å². The van der Waals surface area contributed by atoms with Crippen molar-refractivity contribution in [1.82, 2.24) is 15.1 Å². The Bertz CT molecular complexity index is 949. The molecule has 26 heavy (non-hydrogen) atoms. The van der Waals surface area contributed by atoms with Gasteiger partial charge in [0.1, 0.15) is 11.5 Å². The zero-order chi connectivity index (χ0) is 18.7. The molecule has 3 rings (SSSR count). The molecular formula is C19H21N5O2. The van der Waals surface area contributed by atoms with E-state index in [0.717, 1.165) is 23.2 Å². The van der Waals surface area contributed by atoms with Crippen molar-refractivity contribution in [3.05, 3.63) is 58.6 Å². The molecular weight excluding hydrogens is 330 g/mol. The van der Waals surface area contributed by atoms with Crippen LogP contribution in [-0.2, 0) is 6.42 Å². The summed E-state index contributed by atoms with van der Waals surface area (Å²) >= 11 is 0. The third-order valence-corrected chi connectivity index (χ3v) is 3.93. The highest BCUT2D eigenvalue weighted by Gasteiger charge is 2.14. The normalized spacial score (nSPS) is 10.6. The molecule has 0 unspecified atom stereocenters. The van der Waals surface area contributed by atoms with E-state index in [9.17, 15) is 4.79 Å². The quantitative estimate of drug-likeness (QED) is 0.723. The fraction of sp³-hybridized carbons (Fsp3) is 0.263. The summed E-state index contributed by atoms with van der Waals surface area (Å²) in [6.45, 7) is 7.63. The van der Waals surface area contributed by atoms with Gasteiger partial charge in [-0.2, -0.15) is 0 Å². The molecule has 0 saturated heterocycles. The molecule has 134 valence electrons. The number of amides is 1. The number of nitrogens with one attached hydrogen (secondary N) is 2. The Morgan fingerprint density at radius 1 is 1.15 bits per heavy atom. The number of nitrogens with zero attached hydrogens (tertiary/aromatic N) is 3. The summed E-state index contributed by atoms with van der Waals surface area (Å²) in [5, 5.41) is 9.78. The van der Waals surface area contributed by atoms with Gasteiger partial charge in [0, 0.05) is 17.4 Å². The van der Waals surface area contributed by atoms with Crippen molar-refractivity contribution >= 4 is 23.4 Å². The number of aryl methyl sites for hydroxylation is 4. The van der Waals surface area contributed by atoms with E-state index in [4.69, 9.17) is 4.52 Å². The first kappa shape index (κ1) is 17.6. The van der Waals surface area contributed by atoms with Gasteiger partial charge in [-0.3, -0.25) is 4.79 Å². The highest BCUT2D eigenvalue weighted by molar-refractivity contribution is 6.04. The molecule has 2 aromatic heterocycles. The van der Waals surface area contributed by atoms with Crippen molar-refractivity contribution in [2.75, 3.05) is 10.6 Å². The highest BCUT2D eigenvalue weighted by atomic mass is 16.5. The van der Waals surface area contributed by atoms with Gasteiger partial charge in [0.05, 0.1) is 0 Å². The van der Waals surface area contributed by atoms with E-state index >= 15 is 0 Å². The average molecular weight is 351 g/mol. The molecule has 0 aliphatic heterocycles. The van der Waals surface area contributed by atoms with Crippen LogP contribution >= 0.6 is 0 Å². The predicted octanol–water partition coefficient (Wildman–Crippen LogP) is 3.95. The minimum atomic E-state index is -0.279. The molecule has 0 bridgehead atoms. The lowest BCUT2D eigenvalue weighted by Crippen LogP contribution is -2.17. The molecule has 2 N–H and O–H groups in total. The number of benzene rings is 1. The number of aromatic nitrogens is 3.